The van der Waals surface area contributed by atoms with E-state index in [9.17, 15) is 4.79 Å². The molecule has 0 fully saturated rings. The van der Waals surface area contributed by atoms with Gasteiger partial charge in [-0.3, -0.25) is 0 Å². The van der Waals surface area contributed by atoms with Crippen LogP contribution < -0.4 is 10.6 Å². The van der Waals surface area contributed by atoms with Crippen LogP contribution in [0.3, 0.4) is 0 Å². The van der Waals surface area contributed by atoms with Crippen molar-refractivity contribution in [2.45, 2.75) is 13.5 Å². The van der Waals surface area contributed by atoms with E-state index in [1.54, 1.807) is 6.92 Å². The van der Waals surface area contributed by atoms with Crippen molar-refractivity contribution in [2.24, 2.45) is 0 Å². The lowest BCUT2D eigenvalue weighted by Gasteiger charge is -2.13. The minimum atomic E-state index is -1.06. The normalized spacial score (nSPS) is 10.6. The predicted molar refractivity (Wildman–Crippen MR) is 78.2 cm³/mol. The molecule has 0 spiro atoms. The summed E-state index contributed by atoms with van der Waals surface area (Å²) in [5.74, 6) is -0.671. The van der Waals surface area contributed by atoms with Crippen molar-refractivity contribution in [3.63, 3.8) is 0 Å². The molecule has 0 saturated carbocycles. The van der Waals surface area contributed by atoms with Crippen LogP contribution in [0.4, 0.5) is 11.5 Å². The Balaban J connectivity index is 2.26. The number of carboxylic acids is 1. The Hall–Kier alpha value is -2.50. The molecule has 20 heavy (non-hydrogen) atoms. The Bertz CT molecular complexity index is 629. The van der Waals surface area contributed by atoms with E-state index in [-0.39, 0.29) is 5.69 Å². The van der Waals surface area contributed by atoms with Crippen LogP contribution in [0.15, 0.2) is 24.3 Å². The van der Waals surface area contributed by atoms with Crippen LogP contribution in [-0.2, 0) is 6.54 Å². The minimum Gasteiger partial charge on any atom is -0.476 e. The fourth-order valence-electron chi connectivity index (χ4n) is 1.96. The molecule has 0 atom stereocenters. The highest BCUT2D eigenvalue weighted by atomic mass is 16.4. The van der Waals surface area contributed by atoms with Gasteiger partial charge in [-0.1, -0.05) is 12.1 Å². The second-order valence-corrected chi connectivity index (χ2v) is 4.88. The topological polar surface area (TPSA) is 84.4 Å². The molecule has 6 nitrogen and oxygen atoms in total. The summed E-state index contributed by atoms with van der Waals surface area (Å²) in [5.41, 5.74) is 8.52. The fraction of sp³-hybridized carbons (Fsp3) is 0.286. The number of hydrogen-bond donors (Lipinski definition) is 2. The number of aromatic nitrogens is 2. The van der Waals surface area contributed by atoms with Crippen molar-refractivity contribution in [1.29, 1.82) is 0 Å². The number of aromatic carboxylic acids is 1. The molecular weight excluding hydrogens is 256 g/mol. The SMILES string of the molecule is Cc1c(C(=O)O)nn(Cc2ccc(N(C)C)cc2)c1N. The van der Waals surface area contributed by atoms with Crippen LogP contribution in [0.1, 0.15) is 21.6 Å². The zero-order chi connectivity index (χ0) is 14.9. The van der Waals surface area contributed by atoms with Gasteiger partial charge in [0.15, 0.2) is 5.69 Å². The number of benzene rings is 1. The van der Waals surface area contributed by atoms with Gasteiger partial charge in [-0.05, 0) is 24.6 Å². The molecule has 1 aromatic carbocycles. The van der Waals surface area contributed by atoms with Gasteiger partial charge in [0.2, 0.25) is 0 Å². The molecule has 6 heteroatoms. The fourth-order valence-corrected chi connectivity index (χ4v) is 1.96. The number of nitrogen functional groups attached to an aromatic ring is 1. The second-order valence-electron chi connectivity index (χ2n) is 4.88. The van der Waals surface area contributed by atoms with Gasteiger partial charge < -0.3 is 15.7 Å². The summed E-state index contributed by atoms with van der Waals surface area (Å²) in [6.07, 6.45) is 0. The predicted octanol–water partition coefficient (Wildman–Crippen LogP) is 1.59. The lowest BCUT2D eigenvalue weighted by Crippen LogP contribution is -2.09. The summed E-state index contributed by atoms with van der Waals surface area (Å²) < 4.78 is 1.52. The van der Waals surface area contributed by atoms with E-state index in [0.717, 1.165) is 11.3 Å². The summed E-state index contributed by atoms with van der Waals surface area (Å²) in [7, 11) is 3.95. The van der Waals surface area contributed by atoms with E-state index < -0.39 is 5.97 Å². The maximum absolute atomic E-state index is 11.0. The standard InChI is InChI=1S/C14H18N4O2/c1-9-12(14(19)20)16-18(13(9)15)8-10-4-6-11(7-5-10)17(2)3/h4-7H,8,15H2,1-3H3,(H,19,20). The highest BCUT2D eigenvalue weighted by molar-refractivity contribution is 5.88. The Kier molecular flexibility index (Phi) is 3.65. The van der Waals surface area contributed by atoms with Crippen LogP contribution >= 0.6 is 0 Å². The third kappa shape index (κ3) is 2.59. The van der Waals surface area contributed by atoms with E-state index in [1.807, 2.05) is 43.3 Å². The van der Waals surface area contributed by atoms with Gasteiger partial charge >= 0.3 is 5.97 Å². The van der Waals surface area contributed by atoms with Crippen LogP contribution in [0.2, 0.25) is 0 Å². The molecule has 0 amide bonds. The number of nitrogens with two attached hydrogens (primary N) is 1. The van der Waals surface area contributed by atoms with E-state index in [2.05, 4.69) is 5.10 Å². The van der Waals surface area contributed by atoms with E-state index in [1.165, 1.54) is 4.68 Å². The Morgan fingerprint density at radius 1 is 1.35 bits per heavy atom. The first-order valence-electron chi connectivity index (χ1n) is 6.22. The molecule has 106 valence electrons. The zero-order valence-corrected chi connectivity index (χ0v) is 11.8. The third-order valence-electron chi connectivity index (χ3n) is 3.23. The molecule has 1 heterocycles. The number of hydrogen-bond acceptors (Lipinski definition) is 4. The molecule has 1 aromatic heterocycles. The second kappa shape index (κ2) is 5.24. The molecule has 0 aliphatic heterocycles. The summed E-state index contributed by atoms with van der Waals surface area (Å²) in [4.78, 5) is 13.0. The first-order valence-corrected chi connectivity index (χ1v) is 6.22. The highest BCUT2D eigenvalue weighted by Gasteiger charge is 2.17. The van der Waals surface area contributed by atoms with Gasteiger partial charge in [-0.25, -0.2) is 9.48 Å². The first kappa shape index (κ1) is 13.9. The largest absolute Gasteiger partial charge is 0.476 e. The molecule has 0 radical (unpaired) electrons. The van der Waals surface area contributed by atoms with Gasteiger partial charge in [0.05, 0.1) is 6.54 Å². The van der Waals surface area contributed by atoms with Crippen molar-refractivity contribution >= 4 is 17.5 Å². The highest BCUT2D eigenvalue weighted by Crippen LogP contribution is 2.18. The lowest BCUT2D eigenvalue weighted by atomic mass is 10.2. The maximum atomic E-state index is 11.0. The van der Waals surface area contributed by atoms with Crippen molar-refractivity contribution in [1.82, 2.24) is 9.78 Å². The number of anilines is 2. The average molecular weight is 274 g/mol. The lowest BCUT2D eigenvalue weighted by molar-refractivity contribution is 0.0688. The molecule has 0 saturated heterocycles. The maximum Gasteiger partial charge on any atom is 0.356 e. The zero-order valence-electron chi connectivity index (χ0n) is 11.8. The van der Waals surface area contributed by atoms with Gasteiger partial charge in [0.25, 0.3) is 0 Å². The van der Waals surface area contributed by atoms with Crippen molar-refractivity contribution < 1.29 is 9.90 Å². The Morgan fingerprint density at radius 2 is 1.95 bits per heavy atom. The van der Waals surface area contributed by atoms with Gasteiger partial charge in [-0.2, -0.15) is 5.10 Å². The van der Waals surface area contributed by atoms with Crippen LogP contribution in [0.5, 0.6) is 0 Å². The molecule has 0 unspecified atom stereocenters. The van der Waals surface area contributed by atoms with E-state index in [4.69, 9.17) is 10.8 Å². The van der Waals surface area contributed by atoms with Crippen LogP contribution in [-0.4, -0.2) is 35.0 Å². The van der Waals surface area contributed by atoms with E-state index >= 15 is 0 Å². The average Bonchev–Trinajstić information content (AvgIpc) is 2.68. The summed E-state index contributed by atoms with van der Waals surface area (Å²) in [6.45, 7) is 2.12. The van der Waals surface area contributed by atoms with Crippen LogP contribution in [0, 0.1) is 6.92 Å². The Morgan fingerprint density at radius 3 is 2.40 bits per heavy atom. The van der Waals surface area contributed by atoms with Crippen molar-refractivity contribution in [3.8, 4) is 0 Å². The van der Waals surface area contributed by atoms with Crippen molar-refractivity contribution in [3.05, 3.63) is 41.1 Å². The molecule has 2 rings (SSSR count). The van der Waals surface area contributed by atoms with Gasteiger partial charge in [0.1, 0.15) is 5.82 Å². The Labute approximate surface area is 117 Å². The number of nitrogens with zero attached hydrogens (tertiary/aromatic N) is 3. The first-order chi connectivity index (χ1) is 9.40. The summed E-state index contributed by atoms with van der Waals surface area (Å²) >= 11 is 0. The van der Waals surface area contributed by atoms with E-state index in [0.29, 0.717) is 17.9 Å². The molecule has 0 aliphatic rings. The van der Waals surface area contributed by atoms with Crippen LogP contribution in [0.25, 0.3) is 0 Å². The smallest absolute Gasteiger partial charge is 0.356 e. The monoisotopic (exact) mass is 274 g/mol. The molecular formula is C14H18N4O2. The quantitative estimate of drug-likeness (QED) is 0.884. The van der Waals surface area contributed by atoms with Gasteiger partial charge in [0, 0.05) is 25.3 Å². The summed E-state index contributed by atoms with van der Waals surface area (Å²) in [5, 5.41) is 13.1. The third-order valence-corrected chi connectivity index (χ3v) is 3.23. The number of rotatable bonds is 4. The number of carboxylic acid groups (broad SMARTS) is 1. The molecule has 2 aromatic rings. The molecule has 3 N–H and O–H groups in total. The van der Waals surface area contributed by atoms with Gasteiger partial charge in [-0.15, -0.1) is 0 Å². The number of carbonyl (C=O) groups is 1. The minimum absolute atomic E-state index is 0.00686. The molecule has 0 bridgehead atoms. The summed E-state index contributed by atoms with van der Waals surface area (Å²) in [6, 6.07) is 7.96. The molecule has 0 aliphatic carbocycles. The van der Waals surface area contributed by atoms with Crippen molar-refractivity contribution in [2.75, 3.05) is 24.7 Å².